The van der Waals surface area contributed by atoms with Crippen molar-refractivity contribution < 1.29 is 9.53 Å². The van der Waals surface area contributed by atoms with Crippen molar-refractivity contribution in [2.45, 2.75) is 20.0 Å². The predicted octanol–water partition coefficient (Wildman–Crippen LogP) is 1.29. The molecule has 2 rings (SSSR count). The highest BCUT2D eigenvalue weighted by molar-refractivity contribution is 5.85. The second kappa shape index (κ2) is 3.68. The van der Waals surface area contributed by atoms with Crippen molar-refractivity contribution in [3.63, 3.8) is 0 Å². The Balaban J connectivity index is 2.32. The third kappa shape index (κ3) is 1.96. The Kier molecular flexibility index (Phi) is 2.37. The standard InChI is InChI=1S/C10H11N3O2/c1-7(2)15-10(14)9-11-8-5-3-4-6-13(8)12-9/h3-7H,1-2H3. The molecule has 0 aromatic carbocycles. The number of hydrogen-bond donors (Lipinski definition) is 0. The Labute approximate surface area is 86.7 Å². The molecule has 0 fully saturated rings. The number of fused-ring (bicyclic) bond motifs is 1. The molecule has 2 aromatic rings. The number of carbonyl (C=O) groups excluding carboxylic acids is 1. The van der Waals surface area contributed by atoms with Gasteiger partial charge in [0, 0.05) is 6.20 Å². The van der Waals surface area contributed by atoms with Crippen molar-refractivity contribution in [2.24, 2.45) is 0 Å². The van der Waals surface area contributed by atoms with Crippen LogP contribution in [-0.2, 0) is 4.74 Å². The van der Waals surface area contributed by atoms with Crippen LogP contribution >= 0.6 is 0 Å². The van der Waals surface area contributed by atoms with Gasteiger partial charge >= 0.3 is 5.97 Å². The fourth-order valence-electron chi connectivity index (χ4n) is 1.18. The maximum absolute atomic E-state index is 11.5. The minimum atomic E-state index is -0.492. The summed E-state index contributed by atoms with van der Waals surface area (Å²) in [6, 6.07) is 5.43. The molecule has 5 heteroatoms. The first-order chi connectivity index (χ1) is 7.16. The van der Waals surface area contributed by atoms with Crippen LogP contribution in [0.15, 0.2) is 24.4 Å². The van der Waals surface area contributed by atoms with Crippen molar-refractivity contribution in [3.8, 4) is 0 Å². The zero-order valence-corrected chi connectivity index (χ0v) is 8.54. The van der Waals surface area contributed by atoms with Gasteiger partial charge in [-0.05, 0) is 26.0 Å². The second-order valence-electron chi connectivity index (χ2n) is 3.39. The monoisotopic (exact) mass is 205 g/mol. The molecule has 78 valence electrons. The molecule has 0 aliphatic rings. The number of aromatic nitrogens is 3. The normalized spacial score (nSPS) is 10.9. The lowest BCUT2D eigenvalue weighted by molar-refractivity contribution is 0.0363. The molecule has 0 aliphatic carbocycles. The third-order valence-corrected chi connectivity index (χ3v) is 1.77. The van der Waals surface area contributed by atoms with Gasteiger partial charge in [0.1, 0.15) is 0 Å². The number of carbonyl (C=O) groups is 1. The molecule has 15 heavy (non-hydrogen) atoms. The highest BCUT2D eigenvalue weighted by Crippen LogP contribution is 2.03. The maximum atomic E-state index is 11.5. The molecule has 0 amide bonds. The van der Waals surface area contributed by atoms with Crippen molar-refractivity contribution in [1.29, 1.82) is 0 Å². The highest BCUT2D eigenvalue weighted by atomic mass is 16.5. The predicted molar refractivity (Wildman–Crippen MR) is 53.5 cm³/mol. The minimum Gasteiger partial charge on any atom is -0.457 e. The summed E-state index contributed by atoms with van der Waals surface area (Å²) in [6.45, 7) is 3.57. The van der Waals surface area contributed by atoms with E-state index in [2.05, 4.69) is 10.1 Å². The number of ether oxygens (including phenoxy) is 1. The van der Waals surface area contributed by atoms with Crippen LogP contribution in [-0.4, -0.2) is 26.7 Å². The van der Waals surface area contributed by atoms with Gasteiger partial charge in [-0.2, -0.15) is 0 Å². The van der Waals surface area contributed by atoms with Crippen LogP contribution in [0.2, 0.25) is 0 Å². The van der Waals surface area contributed by atoms with Gasteiger partial charge in [0.2, 0.25) is 0 Å². The molecule has 0 radical (unpaired) electrons. The van der Waals surface area contributed by atoms with Crippen LogP contribution in [0.3, 0.4) is 0 Å². The summed E-state index contributed by atoms with van der Waals surface area (Å²) in [6.07, 6.45) is 1.57. The Morgan fingerprint density at radius 1 is 1.47 bits per heavy atom. The molecular formula is C10H11N3O2. The van der Waals surface area contributed by atoms with Crippen molar-refractivity contribution in [2.75, 3.05) is 0 Å². The Morgan fingerprint density at radius 3 is 2.93 bits per heavy atom. The van der Waals surface area contributed by atoms with Gasteiger partial charge in [-0.15, -0.1) is 5.10 Å². The Bertz CT molecular complexity index is 457. The van der Waals surface area contributed by atoms with Crippen LogP contribution in [0.5, 0.6) is 0 Å². The quantitative estimate of drug-likeness (QED) is 0.693. The van der Waals surface area contributed by atoms with Gasteiger partial charge in [-0.25, -0.2) is 14.3 Å². The zero-order chi connectivity index (χ0) is 10.8. The van der Waals surface area contributed by atoms with E-state index >= 15 is 0 Å². The summed E-state index contributed by atoms with van der Waals surface area (Å²) in [5.74, 6) is -0.399. The van der Waals surface area contributed by atoms with E-state index in [1.54, 1.807) is 26.1 Å². The van der Waals surface area contributed by atoms with Crippen LogP contribution in [0.1, 0.15) is 24.5 Å². The van der Waals surface area contributed by atoms with Gasteiger partial charge in [-0.3, -0.25) is 0 Å². The van der Waals surface area contributed by atoms with Gasteiger partial charge in [0.05, 0.1) is 6.10 Å². The first kappa shape index (κ1) is 9.64. The number of hydrogen-bond acceptors (Lipinski definition) is 4. The SMILES string of the molecule is CC(C)OC(=O)c1nc2ccccn2n1. The van der Waals surface area contributed by atoms with E-state index in [0.29, 0.717) is 5.65 Å². The minimum absolute atomic E-state index is 0.0925. The number of esters is 1. The van der Waals surface area contributed by atoms with Crippen LogP contribution < -0.4 is 0 Å². The first-order valence-corrected chi connectivity index (χ1v) is 4.69. The largest absolute Gasteiger partial charge is 0.457 e. The molecule has 0 aliphatic heterocycles. The molecule has 0 bridgehead atoms. The smallest absolute Gasteiger partial charge is 0.378 e. The topological polar surface area (TPSA) is 56.5 Å². The van der Waals surface area contributed by atoms with Gasteiger partial charge in [0.25, 0.3) is 5.82 Å². The van der Waals surface area contributed by atoms with E-state index in [4.69, 9.17) is 4.74 Å². The molecule has 0 unspecified atom stereocenters. The van der Waals surface area contributed by atoms with E-state index in [-0.39, 0.29) is 11.9 Å². The molecular weight excluding hydrogens is 194 g/mol. The first-order valence-electron chi connectivity index (χ1n) is 4.69. The van der Waals surface area contributed by atoms with E-state index in [1.807, 2.05) is 12.1 Å². The molecule has 2 aromatic heterocycles. The van der Waals surface area contributed by atoms with Crippen LogP contribution in [0, 0.1) is 0 Å². The summed E-state index contributed by atoms with van der Waals surface area (Å²) in [5, 5.41) is 4.00. The fraction of sp³-hybridized carbons (Fsp3) is 0.300. The van der Waals surface area contributed by atoms with E-state index in [1.165, 1.54) is 4.52 Å². The number of rotatable bonds is 2. The summed E-state index contributed by atoms with van der Waals surface area (Å²) >= 11 is 0. The van der Waals surface area contributed by atoms with Crippen LogP contribution in [0.25, 0.3) is 5.65 Å². The van der Waals surface area contributed by atoms with Gasteiger partial charge in [0.15, 0.2) is 5.65 Å². The molecule has 0 saturated heterocycles. The molecule has 2 heterocycles. The maximum Gasteiger partial charge on any atom is 0.378 e. The van der Waals surface area contributed by atoms with Crippen molar-refractivity contribution in [3.05, 3.63) is 30.2 Å². The van der Waals surface area contributed by atoms with E-state index in [0.717, 1.165) is 0 Å². The number of nitrogens with zero attached hydrogens (tertiary/aromatic N) is 3. The summed E-state index contributed by atoms with van der Waals surface area (Å²) < 4.78 is 6.53. The number of pyridine rings is 1. The van der Waals surface area contributed by atoms with E-state index in [9.17, 15) is 4.79 Å². The average molecular weight is 205 g/mol. The average Bonchev–Trinajstić information content (AvgIpc) is 2.59. The highest BCUT2D eigenvalue weighted by Gasteiger charge is 2.15. The Morgan fingerprint density at radius 2 is 2.27 bits per heavy atom. The van der Waals surface area contributed by atoms with Crippen LogP contribution in [0.4, 0.5) is 0 Å². The second-order valence-corrected chi connectivity index (χ2v) is 3.39. The van der Waals surface area contributed by atoms with E-state index < -0.39 is 5.97 Å². The molecule has 0 saturated carbocycles. The Hall–Kier alpha value is -1.91. The lowest BCUT2D eigenvalue weighted by Crippen LogP contribution is -2.13. The third-order valence-electron chi connectivity index (χ3n) is 1.77. The lowest BCUT2D eigenvalue weighted by Gasteiger charge is -2.03. The fourth-order valence-corrected chi connectivity index (χ4v) is 1.18. The summed E-state index contributed by atoms with van der Waals surface area (Å²) in [7, 11) is 0. The molecule has 5 nitrogen and oxygen atoms in total. The van der Waals surface area contributed by atoms with Crippen molar-refractivity contribution in [1.82, 2.24) is 14.6 Å². The van der Waals surface area contributed by atoms with Gasteiger partial charge in [-0.1, -0.05) is 6.07 Å². The molecule has 0 N–H and O–H groups in total. The lowest BCUT2D eigenvalue weighted by atomic mass is 10.5. The summed E-state index contributed by atoms with van der Waals surface area (Å²) in [4.78, 5) is 15.5. The molecule has 0 atom stereocenters. The molecule has 0 spiro atoms. The van der Waals surface area contributed by atoms with Crippen molar-refractivity contribution >= 4 is 11.6 Å². The summed E-state index contributed by atoms with van der Waals surface area (Å²) in [5.41, 5.74) is 0.633. The zero-order valence-electron chi connectivity index (χ0n) is 8.54. The van der Waals surface area contributed by atoms with Gasteiger partial charge < -0.3 is 4.74 Å².